The Morgan fingerprint density at radius 1 is 1.40 bits per heavy atom. The highest BCUT2D eigenvalue weighted by molar-refractivity contribution is 7.95. The highest BCUT2D eigenvalue weighted by atomic mass is 32.2. The molecule has 0 amide bonds. The molecule has 0 aromatic carbocycles. The average molecular weight is 161 g/mol. The van der Waals surface area contributed by atoms with Crippen LogP contribution in [0.15, 0.2) is 0 Å². The lowest BCUT2D eigenvalue weighted by molar-refractivity contribution is 0.0697. The van der Waals surface area contributed by atoms with Gasteiger partial charge < -0.3 is 4.74 Å². The van der Waals surface area contributed by atoms with Gasteiger partial charge in [0.1, 0.15) is 11.9 Å². The lowest BCUT2D eigenvalue weighted by atomic mass is 10.2. The summed E-state index contributed by atoms with van der Waals surface area (Å²) in [6.07, 6.45) is 8.22. The molecule has 1 unspecified atom stereocenters. The average Bonchev–Trinajstić information content (AvgIpc) is 2.13. The third-order valence-electron chi connectivity index (χ3n) is 1.84. The molecule has 1 nitrogen and oxygen atoms in total. The van der Waals surface area contributed by atoms with E-state index >= 15 is 0 Å². The summed E-state index contributed by atoms with van der Waals surface area (Å²) >= 11 is 0. The van der Waals surface area contributed by atoms with E-state index in [9.17, 15) is 0 Å². The summed E-state index contributed by atoms with van der Waals surface area (Å²) in [5.74, 6) is 1.27. The Bertz CT molecular complexity index is 103. The summed E-state index contributed by atoms with van der Waals surface area (Å²) in [5, 5.41) is 0. The molecule has 1 saturated heterocycles. The van der Waals surface area contributed by atoms with E-state index in [1.807, 2.05) is 0 Å². The van der Waals surface area contributed by atoms with E-state index in [1.54, 1.807) is 0 Å². The van der Waals surface area contributed by atoms with Crippen LogP contribution in [0.25, 0.3) is 0 Å². The molecule has 0 aliphatic carbocycles. The SMILES string of the molecule is C[C@H]1CCC(C[S+](C)C)O1. The first kappa shape index (κ1) is 8.41. The molecule has 10 heavy (non-hydrogen) atoms. The highest BCUT2D eigenvalue weighted by Crippen LogP contribution is 2.19. The van der Waals surface area contributed by atoms with Crippen LogP contribution in [0, 0.1) is 0 Å². The molecular formula is C8H17OS+. The van der Waals surface area contributed by atoms with E-state index in [0.29, 0.717) is 23.1 Å². The van der Waals surface area contributed by atoms with Gasteiger partial charge in [0.05, 0.1) is 18.6 Å². The molecule has 1 aliphatic rings. The number of hydrogen-bond donors (Lipinski definition) is 0. The van der Waals surface area contributed by atoms with Gasteiger partial charge in [-0.05, 0) is 30.7 Å². The minimum absolute atomic E-state index is 0.522. The van der Waals surface area contributed by atoms with Crippen molar-refractivity contribution in [1.29, 1.82) is 0 Å². The van der Waals surface area contributed by atoms with Crippen LogP contribution in [0.2, 0.25) is 0 Å². The number of hydrogen-bond acceptors (Lipinski definition) is 1. The largest absolute Gasteiger partial charge is 0.370 e. The first-order valence-corrected chi connectivity index (χ1v) is 6.09. The fourth-order valence-corrected chi connectivity index (χ4v) is 2.37. The highest BCUT2D eigenvalue weighted by Gasteiger charge is 2.25. The van der Waals surface area contributed by atoms with Crippen molar-refractivity contribution in [2.45, 2.75) is 32.0 Å². The molecule has 1 rings (SSSR count). The summed E-state index contributed by atoms with van der Waals surface area (Å²) in [6, 6.07) is 0. The van der Waals surface area contributed by atoms with Crippen LogP contribution in [0.1, 0.15) is 19.8 Å². The molecule has 0 bridgehead atoms. The van der Waals surface area contributed by atoms with Crippen LogP contribution in [-0.4, -0.2) is 30.5 Å². The van der Waals surface area contributed by atoms with Crippen molar-refractivity contribution in [1.82, 2.24) is 0 Å². The Hall–Kier alpha value is 0.310. The van der Waals surface area contributed by atoms with Crippen LogP contribution >= 0.6 is 0 Å². The molecule has 1 aliphatic heterocycles. The van der Waals surface area contributed by atoms with E-state index in [4.69, 9.17) is 4.74 Å². The Morgan fingerprint density at radius 3 is 2.50 bits per heavy atom. The van der Waals surface area contributed by atoms with Gasteiger partial charge in [0, 0.05) is 0 Å². The standard InChI is InChI=1S/C8H17OS/c1-7-4-5-8(9-7)6-10(2)3/h7-8H,4-6H2,1-3H3/q+1/t7-,8?/m0/s1. The molecule has 0 radical (unpaired) electrons. The van der Waals surface area contributed by atoms with Gasteiger partial charge >= 0.3 is 0 Å². The first-order chi connectivity index (χ1) is 4.68. The van der Waals surface area contributed by atoms with Crippen LogP contribution in [-0.2, 0) is 15.6 Å². The molecule has 0 N–H and O–H groups in total. The van der Waals surface area contributed by atoms with E-state index in [2.05, 4.69) is 19.4 Å². The second kappa shape index (κ2) is 3.63. The fourth-order valence-electron chi connectivity index (χ4n) is 1.38. The maximum Gasteiger partial charge on any atom is 0.133 e. The van der Waals surface area contributed by atoms with Crippen molar-refractivity contribution in [3.63, 3.8) is 0 Å². The molecule has 0 aromatic heterocycles. The molecule has 2 atom stereocenters. The van der Waals surface area contributed by atoms with Gasteiger partial charge in [-0.1, -0.05) is 0 Å². The molecule has 2 heteroatoms. The van der Waals surface area contributed by atoms with E-state index in [0.717, 1.165) is 0 Å². The quantitative estimate of drug-likeness (QED) is 0.557. The third kappa shape index (κ3) is 2.51. The monoisotopic (exact) mass is 161 g/mol. The summed E-state index contributed by atoms with van der Waals surface area (Å²) < 4.78 is 5.68. The third-order valence-corrected chi connectivity index (χ3v) is 2.88. The number of rotatable bonds is 2. The fraction of sp³-hybridized carbons (Fsp3) is 1.00. The van der Waals surface area contributed by atoms with Crippen LogP contribution in [0.3, 0.4) is 0 Å². The van der Waals surface area contributed by atoms with E-state index < -0.39 is 0 Å². The minimum Gasteiger partial charge on any atom is -0.370 e. The van der Waals surface area contributed by atoms with Crippen molar-refractivity contribution in [3.05, 3.63) is 0 Å². The van der Waals surface area contributed by atoms with Gasteiger partial charge in [0.2, 0.25) is 0 Å². The van der Waals surface area contributed by atoms with E-state index in [-0.39, 0.29) is 0 Å². The second-order valence-corrected chi connectivity index (χ2v) is 5.60. The Morgan fingerprint density at radius 2 is 2.10 bits per heavy atom. The lowest BCUT2D eigenvalue weighted by Gasteiger charge is -2.07. The van der Waals surface area contributed by atoms with Crippen LogP contribution in [0.5, 0.6) is 0 Å². The topological polar surface area (TPSA) is 9.23 Å². The predicted octanol–water partition coefficient (Wildman–Crippen LogP) is 1.43. The first-order valence-electron chi connectivity index (χ1n) is 3.88. The van der Waals surface area contributed by atoms with Gasteiger partial charge in [-0.2, -0.15) is 0 Å². The van der Waals surface area contributed by atoms with Crippen LogP contribution < -0.4 is 0 Å². The molecule has 0 spiro atoms. The zero-order chi connectivity index (χ0) is 7.56. The normalized spacial score (nSPS) is 33.6. The Balaban J connectivity index is 2.18. The van der Waals surface area contributed by atoms with Crippen molar-refractivity contribution < 1.29 is 4.74 Å². The van der Waals surface area contributed by atoms with Crippen LogP contribution in [0.4, 0.5) is 0 Å². The molecule has 1 heterocycles. The number of ether oxygens (including phenoxy) is 1. The zero-order valence-corrected chi connectivity index (χ0v) is 7.91. The van der Waals surface area contributed by atoms with Crippen molar-refractivity contribution in [3.8, 4) is 0 Å². The maximum atomic E-state index is 5.68. The summed E-state index contributed by atoms with van der Waals surface area (Å²) in [7, 11) is 0.555. The Kier molecular flexibility index (Phi) is 3.05. The molecular weight excluding hydrogens is 144 g/mol. The molecule has 0 saturated carbocycles. The van der Waals surface area contributed by atoms with E-state index in [1.165, 1.54) is 18.6 Å². The summed E-state index contributed by atoms with van der Waals surface area (Å²) in [4.78, 5) is 0. The van der Waals surface area contributed by atoms with Gasteiger partial charge in [0.15, 0.2) is 0 Å². The van der Waals surface area contributed by atoms with Crippen molar-refractivity contribution in [2.75, 3.05) is 18.3 Å². The second-order valence-electron chi connectivity index (χ2n) is 3.30. The van der Waals surface area contributed by atoms with Gasteiger partial charge in [0.25, 0.3) is 0 Å². The molecule has 0 aromatic rings. The Labute approximate surface area is 66.5 Å². The maximum absolute atomic E-state index is 5.68. The smallest absolute Gasteiger partial charge is 0.133 e. The molecule has 1 fully saturated rings. The minimum atomic E-state index is 0.522. The van der Waals surface area contributed by atoms with Gasteiger partial charge in [-0.3, -0.25) is 0 Å². The van der Waals surface area contributed by atoms with Crippen molar-refractivity contribution >= 4 is 10.9 Å². The predicted molar refractivity (Wildman–Crippen MR) is 47.6 cm³/mol. The van der Waals surface area contributed by atoms with Crippen molar-refractivity contribution in [2.24, 2.45) is 0 Å². The summed E-state index contributed by atoms with van der Waals surface area (Å²) in [5.41, 5.74) is 0. The van der Waals surface area contributed by atoms with Gasteiger partial charge in [-0.15, -0.1) is 0 Å². The molecule has 60 valence electrons. The lowest BCUT2D eigenvalue weighted by Crippen LogP contribution is -2.19. The van der Waals surface area contributed by atoms with Gasteiger partial charge in [-0.25, -0.2) is 0 Å². The summed E-state index contributed by atoms with van der Waals surface area (Å²) in [6.45, 7) is 2.17. The zero-order valence-electron chi connectivity index (χ0n) is 7.09.